The van der Waals surface area contributed by atoms with Crippen LogP contribution in [-0.4, -0.2) is 61.9 Å². The van der Waals surface area contributed by atoms with Gasteiger partial charge in [0.05, 0.1) is 17.2 Å². The second kappa shape index (κ2) is 16.2. The molecule has 9 heteroatoms. The molecule has 9 rings (SSSR count). The van der Waals surface area contributed by atoms with Gasteiger partial charge >= 0.3 is 0 Å². The number of aliphatic hydroxyl groups is 1. The van der Waals surface area contributed by atoms with E-state index in [4.69, 9.17) is 4.99 Å². The number of phenols is 5. The molecule has 4 aliphatic carbocycles. The Balaban J connectivity index is 0.997. The molecule has 7 N–H and O–H groups in total. The van der Waals surface area contributed by atoms with Gasteiger partial charge in [-0.1, -0.05) is 92.6 Å². The van der Waals surface area contributed by atoms with Crippen molar-refractivity contribution in [3.63, 3.8) is 0 Å². The summed E-state index contributed by atoms with van der Waals surface area (Å²) in [5.74, 6) is 0.244. The molecule has 1 aliphatic heterocycles. The van der Waals surface area contributed by atoms with Gasteiger partial charge in [-0.15, -0.1) is 0 Å². The van der Waals surface area contributed by atoms with E-state index in [1.165, 1.54) is 42.2 Å². The molecule has 4 aromatic carbocycles. The third-order valence-electron chi connectivity index (χ3n) is 14.7. The van der Waals surface area contributed by atoms with Crippen molar-refractivity contribution < 1.29 is 30.6 Å². The van der Waals surface area contributed by atoms with Crippen molar-refractivity contribution in [2.24, 2.45) is 44.5 Å². The zero-order valence-corrected chi connectivity index (χ0v) is 34.4. The molecule has 2 saturated carbocycles. The van der Waals surface area contributed by atoms with Gasteiger partial charge in [0, 0.05) is 36.2 Å². The van der Waals surface area contributed by atoms with Crippen LogP contribution in [-0.2, 0) is 25.8 Å². The predicted molar refractivity (Wildman–Crippen MR) is 239 cm³/mol. The summed E-state index contributed by atoms with van der Waals surface area (Å²) in [6.07, 6.45) is 24.1. The second-order valence-electron chi connectivity index (χ2n) is 18.0. The van der Waals surface area contributed by atoms with Crippen LogP contribution in [0.2, 0.25) is 0 Å². The summed E-state index contributed by atoms with van der Waals surface area (Å²) in [5.41, 5.74) is 6.25. The van der Waals surface area contributed by atoms with Crippen LogP contribution < -0.4 is 5.32 Å². The fraction of sp³-hybridized carbons (Fsp3) is 0.412. The van der Waals surface area contributed by atoms with E-state index in [-0.39, 0.29) is 50.9 Å². The first-order valence-corrected chi connectivity index (χ1v) is 21.9. The summed E-state index contributed by atoms with van der Waals surface area (Å²) in [6.45, 7) is 4.09. The molecule has 2 fully saturated rings. The predicted octanol–water partition coefficient (Wildman–Crippen LogP) is 9.15. The first-order chi connectivity index (χ1) is 29.1. The summed E-state index contributed by atoms with van der Waals surface area (Å²) in [5, 5.41) is 69.9. The van der Waals surface area contributed by atoms with Crippen molar-refractivity contribution >= 4 is 34.9 Å². The molecule has 0 radical (unpaired) electrons. The van der Waals surface area contributed by atoms with Gasteiger partial charge in [-0.25, -0.2) is 0 Å². The summed E-state index contributed by atoms with van der Waals surface area (Å²) in [6, 6.07) is 16.2. The van der Waals surface area contributed by atoms with Gasteiger partial charge in [0.1, 0.15) is 12.4 Å². The minimum Gasteiger partial charge on any atom is -0.507 e. The largest absolute Gasteiger partial charge is 0.507 e. The van der Waals surface area contributed by atoms with Crippen LogP contribution in [0.1, 0.15) is 85.3 Å². The molecule has 1 heterocycles. The maximum absolute atomic E-state index is 11.9. The quantitative estimate of drug-likeness (QED) is 0.0290. The van der Waals surface area contributed by atoms with Gasteiger partial charge in [0.15, 0.2) is 23.0 Å². The molecule has 0 unspecified atom stereocenters. The summed E-state index contributed by atoms with van der Waals surface area (Å²) >= 11 is 0. The molecule has 9 nitrogen and oxygen atoms in total. The maximum atomic E-state index is 11.9. The highest BCUT2D eigenvalue weighted by Crippen LogP contribution is 2.70. The van der Waals surface area contributed by atoms with Crippen LogP contribution in [0, 0.1) is 34.5 Å². The van der Waals surface area contributed by atoms with Gasteiger partial charge in [0.25, 0.3) is 0 Å². The number of hydrogen-bond donors (Lipinski definition) is 7. The molecule has 0 aromatic heterocycles. The van der Waals surface area contributed by atoms with Crippen molar-refractivity contribution in [3.8, 4) is 28.7 Å². The number of aromatic hydroxyl groups is 5. The van der Waals surface area contributed by atoms with Crippen LogP contribution in [0.5, 0.6) is 28.7 Å². The van der Waals surface area contributed by atoms with E-state index in [0.29, 0.717) is 65.9 Å². The van der Waals surface area contributed by atoms with Crippen molar-refractivity contribution in [2.75, 3.05) is 13.2 Å². The zero-order valence-electron chi connectivity index (χ0n) is 34.4. The lowest BCUT2D eigenvalue weighted by Crippen LogP contribution is -2.64. The highest BCUT2D eigenvalue weighted by Gasteiger charge is 2.67. The van der Waals surface area contributed by atoms with Gasteiger partial charge in [-0.3, -0.25) is 9.98 Å². The van der Waals surface area contributed by atoms with E-state index in [1.54, 1.807) is 18.2 Å². The van der Waals surface area contributed by atoms with Crippen molar-refractivity contribution in [1.29, 1.82) is 0 Å². The minimum atomic E-state index is -0.524. The van der Waals surface area contributed by atoms with Gasteiger partial charge in [-0.05, 0) is 126 Å². The molecule has 0 saturated heterocycles. The average Bonchev–Trinajstić information content (AvgIpc) is 3.92. The number of rotatable bonds is 14. The number of hydrogen-bond acceptors (Lipinski definition) is 9. The van der Waals surface area contributed by atoms with Gasteiger partial charge < -0.3 is 36.0 Å². The number of benzene rings is 4. The van der Waals surface area contributed by atoms with Crippen molar-refractivity contribution in [3.05, 3.63) is 112 Å². The Morgan fingerprint density at radius 2 is 1.62 bits per heavy atom. The van der Waals surface area contributed by atoms with Crippen LogP contribution >= 0.6 is 0 Å². The Morgan fingerprint density at radius 3 is 2.40 bits per heavy atom. The van der Waals surface area contributed by atoms with E-state index >= 15 is 0 Å². The first kappa shape index (κ1) is 40.0. The Kier molecular flexibility index (Phi) is 10.8. The number of aliphatic hydroxyl groups excluding tert-OH is 1. The highest BCUT2D eigenvalue weighted by atomic mass is 16.3. The van der Waals surface area contributed by atoms with Crippen molar-refractivity contribution in [1.82, 2.24) is 5.32 Å². The van der Waals surface area contributed by atoms with Crippen LogP contribution in [0.25, 0.3) is 22.9 Å². The lowest BCUT2D eigenvalue weighted by atomic mass is 9.42. The van der Waals surface area contributed by atoms with Crippen LogP contribution in [0.15, 0.2) is 88.9 Å². The SMILES string of the molecule is CCCCCc1cc(CCc2c(O)c(O)c3c(O)cccc3c2/C=C/c2ccc(O)c(O)c2)ccc1CNC[C@@]1(C2=NCN=C2)C[C@@H]2C=C[C@H]3CC[C@H]4C=C[C@H](O)[C@@H]1[C@@]43C2. The topological polar surface area (TPSA) is 158 Å². The number of nitrogens with zero attached hydrogens (tertiary/aromatic N) is 2. The molecule has 0 amide bonds. The van der Waals surface area contributed by atoms with Crippen LogP contribution in [0.4, 0.5) is 0 Å². The summed E-state index contributed by atoms with van der Waals surface area (Å²) < 4.78 is 0. The van der Waals surface area contributed by atoms with Crippen molar-refractivity contribution in [2.45, 2.75) is 83.8 Å². The maximum Gasteiger partial charge on any atom is 0.169 e. The fourth-order valence-electron chi connectivity index (χ4n) is 12.1. The Labute approximate surface area is 352 Å². The number of nitrogens with one attached hydrogen (secondary N) is 1. The molecule has 7 atom stereocenters. The number of phenolic OH excluding ortho intramolecular Hbond substituents is 5. The smallest absolute Gasteiger partial charge is 0.169 e. The van der Waals surface area contributed by atoms with Gasteiger partial charge in [0.2, 0.25) is 0 Å². The molecule has 2 bridgehead atoms. The molecular weight excluding hydrogens is 751 g/mol. The van der Waals surface area contributed by atoms with E-state index in [0.717, 1.165) is 56.3 Å². The first-order valence-electron chi connectivity index (χ1n) is 21.9. The number of fused-ring (bicyclic) bond motifs is 2. The lowest BCUT2D eigenvalue weighted by molar-refractivity contribution is -0.108. The molecule has 4 aromatic rings. The number of allylic oxidation sites excluding steroid dienone is 3. The number of aliphatic imine (C=N–C) groups is 2. The molecule has 312 valence electrons. The average molecular weight is 808 g/mol. The fourth-order valence-corrected chi connectivity index (χ4v) is 12.1. The van der Waals surface area contributed by atoms with E-state index < -0.39 is 6.10 Å². The Hall–Kier alpha value is -5.38. The summed E-state index contributed by atoms with van der Waals surface area (Å²) in [4.78, 5) is 9.59. The van der Waals surface area contributed by atoms with E-state index in [2.05, 4.69) is 59.7 Å². The molecular formula is C51H57N3O6. The van der Waals surface area contributed by atoms with E-state index in [9.17, 15) is 30.6 Å². The molecule has 5 aliphatic rings. The number of unbranched alkanes of at least 4 members (excludes halogenated alkanes) is 2. The molecule has 60 heavy (non-hydrogen) atoms. The Bertz CT molecular complexity index is 2440. The standard InChI is InChI=1S/C51H57N3O6/c1-2-3-4-6-34-23-31(12-20-40-38(19-11-32-13-21-41(55)44(58)24-32)39-7-5-8-42(56)46(39)48(60)47(40)59)9-14-35(34)27-52-29-50(45-28-53-30-54-45)25-33-10-15-36-16-17-37-18-22-43(57)49(50)51(36,37)26-33/h5,7-11,13-15,18-19,21-24,28,33,36-37,43,49,52,55-60H,2-4,6,12,16-17,20,25-27,29-30H2,1H3/b19-11+/t33-,36-,37-,43-,49-,50+,51+/m0/s1. The third-order valence-corrected chi connectivity index (χ3v) is 14.7. The van der Waals surface area contributed by atoms with E-state index in [1.807, 2.05) is 18.4 Å². The zero-order chi connectivity index (χ0) is 41.6. The Morgan fingerprint density at radius 1 is 0.783 bits per heavy atom. The monoisotopic (exact) mass is 807 g/mol. The van der Waals surface area contributed by atoms with Crippen LogP contribution in [0.3, 0.4) is 0 Å². The lowest BCUT2D eigenvalue weighted by Gasteiger charge is -2.63. The summed E-state index contributed by atoms with van der Waals surface area (Å²) in [7, 11) is 0. The second-order valence-corrected chi connectivity index (χ2v) is 18.0. The minimum absolute atomic E-state index is 0.0419. The highest BCUT2D eigenvalue weighted by molar-refractivity contribution is 6.34. The number of aryl methyl sites for hydroxylation is 2. The normalized spacial score (nSPS) is 27.6. The third kappa shape index (κ3) is 6.89. The molecule has 1 spiro atoms. The van der Waals surface area contributed by atoms with Gasteiger partial charge in [-0.2, -0.15) is 0 Å².